The molecule has 0 aliphatic carbocycles. The predicted octanol–water partition coefficient (Wildman–Crippen LogP) is 2.79. The minimum Gasteiger partial charge on any atom is -0.361 e. The van der Waals surface area contributed by atoms with Crippen LogP contribution in [-0.4, -0.2) is 47.1 Å². The molecule has 7 heteroatoms. The monoisotopic (exact) mass is 356 g/mol. The number of nitrogens with zero attached hydrogens (tertiary/aromatic N) is 4. The minimum absolute atomic E-state index is 0.137. The minimum atomic E-state index is 0.137. The van der Waals surface area contributed by atoms with Gasteiger partial charge in [-0.25, -0.2) is 4.98 Å². The third kappa shape index (κ3) is 3.11. The SMILES string of the molecule is Cc1noc(C)c1CC(=O)N1CCN(c2nc3ccccc3s2)CC1. The zero-order valence-electron chi connectivity index (χ0n) is 14.4. The fourth-order valence-electron chi connectivity index (χ4n) is 3.16. The lowest BCUT2D eigenvalue weighted by Gasteiger charge is -2.34. The average molecular weight is 356 g/mol. The molecule has 0 atom stereocenters. The molecule has 2 aromatic heterocycles. The van der Waals surface area contributed by atoms with E-state index >= 15 is 0 Å². The molecule has 6 nitrogen and oxygen atoms in total. The zero-order chi connectivity index (χ0) is 17.4. The van der Waals surface area contributed by atoms with E-state index in [-0.39, 0.29) is 5.91 Å². The van der Waals surface area contributed by atoms with Crippen molar-refractivity contribution in [3.8, 4) is 0 Å². The van der Waals surface area contributed by atoms with Crippen molar-refractivity contribution in [3.63, 3.8) is 0 Å². The van der Waals surface area contributed by atoms with Gasteiger partial charge in [0.05, 0.1) is 22.3 Å². The van der Waals surface area contributed by atoms with Gasteiger partial charge < -0.3 is 14.3 Å². The molecule has 1 fully saturated rings. The number of carbonyl (C=O) groups excluding carboxylic acids is 1. The number of benzene rings is 1. The van der Waals surface area contributed by atoms with Gasteiger partial charge in [-0.05, 0) is 26.0 Å². The molecular formula is C18H20N4O2S. The molecule has 4 rings (SSSR count). The van der Waals surface area contributed by atoms with Crippen LogP contribution in [0.3, 0.4) is 0 Å². The smallest absolute Gasteiger partial charge is 0.227 e. The number of fused-ring (bicyclic) bond motifs is 1. The van der Waals surface area contributed by atoms with E-state index in [1.165, 1.54) is 4.70 Å². The van der Waals surface area contributed by atoms with E-state index in [0.717, 1.165) is 53.8 Å². The van der Waals surface area contributed by atoms with Crippen LogP contribution in [0.5, 0.6) is 0 Å². The Balaban J connectivity index is 1.40. The summed E-state index contributed by atoms with van der Waals surface area (Å²) in [6.45, 7) is 6.80. The summed E-state index contributed by atoms with van der Waals surface area (Å²) in [7, 11) is 0. The molecule has 1 aliphatic heterocycles. The van der Waals surface area contributed by atoms with Crippen LogP contribution in [0.2, 0.25) is 0 Å². The summed E-state index contributed by atoms with van der Waals surface area (Å²) in [5, 5.41) is 4.97. The number of carbonyl (C=O) groups is 1. The molecule has 0 bridgehead atoms. The molecule has 0 saturated carbocycles. The number of rotatable bonds is 3. The van der Waals surface area contributed by atoms with E-state index in [9.17, 15) is 4.79 Å². The van der Waals surface area contributed by atoms with Crippen LogP contribution in [-0.2, 0) is 11.2 Å². The van der Waals surface area contributed by atoms with Gasteiger partial charge in [0.25, 0.3) is 0 Å². The molecule has 1 amide bonds. The first-order valence-electron chi connectivity index (χ1n) is 8.42. The maximum Gasteiger partial charge on any atom is 0.227 e. The summed E-state index contributed by atoms with van der Waals surface area (Å²) in [5.41, 5.74) is 2.76. The molecule has 1 aliphatic rings. The fraction of sp³-hybridized carbons (Fsp3) is 0.389. The van der Waals surface area contributed by atoms with Gasteiger partial charge in [0.1, 0.15) is 5.76 Å². The van der Waals surface area contributed by atoms with E-state index in [1.807, 2.05) is 36.9 Å². The van der Waals surface area contributed by atoms with Crippen molar-refractivity contribution in [2.24, 2.45) is 0 Å². The average Bonchev–Trinajstić information content (AvgIpc) is 3.20. The molecule has 3 aromatic rings. The summed E-state index contributed by atoms with van der Waals surface area (Å²) < 4.78 is 6.35. The number of amides is 1. The van der Waals surface area contributed by atoms with Crippen LogP contribution in [0.1, 0.15) is 17.0 Å². The highest BCUT2D eigenvalue weighted by atomic mass is 32.1. The second-order valence-electron chi connectivity index (χ2n) is 6.31. The van der Waals surface area contributed by atoms with Crippen molar-refractivity contribution in [2.75, 3.05) is 31.1 Å². The molecule has 130 valence electrons. The molecule has 0 unspecified atom stereocenters. The largest absolute Gasteiger partial charge is 0.361 e. The lowest BCUT2D eigenvalue weighted by molar-refractivity contribution is -0.130. The van der Waals surface area contributed by atoms with E-state index in [2.05, 4.69) is 16.1 Å². The number of anilines is 1. The van der Waals surface area contributed by atoms with E-state index in [4.69, 9.17) is 9.51 Å². The normalized spacial score (nSPS) is 15.1. The van der Waals surface area contributed by atoms with Crippen LogP contribution in [0.25, 0.3) is 10.2 Å². The topological polar surface area (TPSA) is 62.5 Å². The summed E-state index contributed by atoms with van der Waals surface area (Å²) >= 11 is 1.71. The standard InChI is InChI=1S/C18H20N4O2S/c1-12-14(13(2)24-20-12)11-17(23)21-7-9-22(10-8-21)18-19-15-5-3-4-6-16(15)25-18/h3-6H,7-11H2,1-2H3. The highest BCUT2D eigenvalue weighted by molar-refractivity contribution is 7.22. The van der Waals surface area contributed by atoms with Gasteiger partial charge in [-0.1, -0.05) is 28.6 Å². The van der Waals surface area contributed by atoms with E-state index < -0.39 is 0 Å². The highest BCUT2D eigenvalue weighted by Gasteiger charge is 2.24. The van der Waals surface area contributed by atoms with Crippen molar-refractivity contribution >= 4 is 32.6 Å². The van der Waals surface area contributed by atoms with Crippen LogP contribution in [0.15, 0.2) is 28.8 Å². The molecule has 3 heterocycles. The van der Waals surface area contributed by atoms with Gasteiger partial charge in [0, 0.05) is 31.7 Å². The third-order valence-electron chi connectivity index (χ3n) is 4.69. The summed E-state index contributed by atoms with van der Waals surface area (Å²) in [4.78, 5) is 21.5. The Hall–Kier alpha value is -2.41. The molecule has 0 spiro atoms. The maximum absolute atomic E-state index is 12.6. The van der Waals surface area contributed by atoms with Crippen molar-refractivity contribution in [1.29, 1.82) is 0 Å². The summed E-state index contributed by atoms with van der Waals surface area (Å²) in [6.07, 6.45) is 0.363. The number of thiazole rings is 1. The Kier molecular flexibility index (Phi) is 4.17. The fourth-order valence-corrected chi connectivity index (χ4v) is 4.18. The van der Waals surface area contributed by atoms with Gasteiger partial charge >= 0.3 is 0 Å². The zero-order valence-corrected chi connectivity index (χ0v) is 15.2. The second-order valence-corrected chi connectivity index (χ2v) is 7.32. The lowest BCUT2D eigenvalue weighted by atomic mass is 10.1. The van der Waals surface area contributed by atoms with Crippen molar-refractivity contribution in [3.05, 3.63) is 41.3 Å². The van der Waals surface area contributed by atoms with Crippen LogP contribution < -0.4 is 4.90 Å². The molecule has 25 heavy (non-hydrogen) atoms. The number of hydrogen-bond acceptors (Lipinski definition) is 6. The molecule has 0 radical (unpaired) electrons. The van der Waals surface area contributed by atoms with Crippen molar-refractivity contribution in [2.45, 2.75) is 20.3 Å². The Morgan fingerprint density at radius 2 is 1.96 bits per heavy atom. The predicted molar refractivity (Wildman–Crippen MR) is 98.1 cm³/mol. The van der Waals surface area contributed by atoms with Gasteiger partial charge in [-0.15, -0.1) is 0 Å². The Morgan fingerprint density at radius 1 is 1.20 bits per heavy atom. The quantitative estimate of drug-likeness (QED) is 0.722. The third-order valence-corrected chi connectivity index (χ3v) is 5.79. The van der Waals surface area contributed by atoms with Crippen molar-refractivity contribution < 1.29 is 9.32 Å². The van der Waals surface area contributed by atoms with Gasteiger partial charge in [-0.3, -0.25) is 4.79 Å². The van der Waals surface area contributed by atoms with Gasteiger partial charge in [-0.2, -0.15) is 0 Å². The van der Waals surface area contributed by atoms with Crippen LogP contribution in [0.4, 0.5) is 5.13 Å². The van der Waals surface area contributed by atoms with E-state index in [1.54, 1.807) is 11.3 Å². The summed E-state index contributed by atoms with van der Waals surface area (Å²) in [6, 6.07) is 8.19. The maximum atomic E-state index is 12.6. The first-order valence-corrected chi connectivity index (χ1v) is 9.23. The first-order chi connectivity index (χ1) is 12.1. The van der Waals surface area contributed by atoms with Gasteiger partial charge in [0.15, 0.2) is 5.13 Å². The van der Waals surface area contributed by atoms with Crippen LogP contribution >= 0.6 is 11.3 Å². The molecule has 0 N–H and O–H groups in total. The van der Waals surface area contributed by atoms with Crippen LogP contribution in [0, 0.1) is 13.8 Å². The van der Waals surface area contributed by atoms with Crippen molar-refractivity contribution in [1.82, 2.24) is 15.0 Å². The number of para-hydroxylation sites is 1. The lowest BCUT2D eigenvalue weighted by Crippen LogP contribution is -2.49. The Labute approximate surface area is 150 Å². The number of piperazine rings is 1. The highest BCUT2D eigenvalue weighted by Crippen LogP contribution is 2.29. The number of hydrogen-bond donors (Lipinski definition) is 0. The molecule has 1 saturated heterocycles. The first kappa shape index (κ1) is 16.1. The Morgan fingerprint density at radius 3 is 2.64 bits per heavy atom. The van der Waals surface area contributed by atoms with Gasteiger partial charge in [0.2, 0.25) is 5.91 Å². The summed E-state index contributed by atoms with van der Waals surface area (Å²) in [5.74, 6) is 0.873. The number of aromatic nitrogens is 2. The second kappa shape index (κ2) is 6.48. The van der Waals surface area contributed by atoms with E-state index in [0.29, 0.717) is 6.42 Å². The Bertz CT molecular complexity index is 856. The molecule has 1 aromatic carbocycles. The molecular weight excluding hydrogens is 336 g/mol. The number of aryl methyl sites for hydroxylation is 2.